The Morgan fingerprint density at radius 1 is 1.50 bits per heavy atom. The molecule has 0 aliphatic carbocycles. The predicted octanol–water partition coefficient (Wildman–Crippen LogP) is 3.26. The van der Waals surface area contributed by atoms with Gasteiger partial charge in [-0.3, -0.25) is 4.79 Å². The first kappa shape index (κ1) is 11.3. The molecule has 0 aromatic heterocycles. The van der Waals surface area contributed by atoms with Gasteiger partial charge in [0.1, 0.15) is 0 Å². The van der Waals surface area contributed by atoms with Crippen LogP contribution >= 0.6 is 15.9 Å². The van der Waals surface area contributed by atoms with Crippen LogP contribution in [0, 0.1) is 6.92 Å². The maximum atomic E-state index is 11.8. The molecule has 0 N–H and O–H groups in total. The third-order valence-corrected chi connectivity index (χ3v) is 3.12. The Kier molecular flexibility index (Phi) is 3.10. The Balaban J connectivity index is 2.38. The van der Waals surface area contributed by atoms with Gasteiger partial charge in [0, 0.05) is 10.2 Å². The molecule has 1 amide bonds. The van der Waals surface area contributed by atoms with Crippen LogP contribution in [0.5, 0.6) is 0 Å². The lowest BCUT2D eigenvalue weighted by Gasteiger charge is -2.14. The van der Waals surface area contributed by atoms with Gasteiger partial charge in [-0.2, -0.15) is 5.10 Å². The lowest BCUT2D eigenvalue weighted by Crippen LogP contribution is -2.20. The second-order valence-electron chi connectivity index (χ2n) is 3.83. The minimum absolute atomic E-state index is 0.0577. The Morgan fingerprint density at radius 2 is 2.25 bits per heavy atom. The van der Waals surface area contributed by atoms with Gasteiger partial charge in [-0.25, -0.2) is 5.01 Å². The normalized spacial score (nSPS) is 15.6. The molecule has 16 heavy (non-hydrogen) atoms. The number of rotatable bonds is 2. The number of halogens is 1. The van der Waals surface area contributed by atoms with Gasteiger partial charge in [-0.05, 0) is 37.1 Å². The molecule has 0 saturated heterocycles. The fourth-order valence-electron chi connectivity index (χ4n) is 1.72. The van der Waals surface area contributed by atoms with Gasteiger partial charge in [-0.15, -0.1) is 0 Å². The lowest BCUT2D eigenvalue weighted by molar-refractivity contribution is -0.116. The molecule has 0 saturated carbocycles. The second kappa shape index (κ2) is 4.37. The summed E-state index contributed by atoms with van der Waals surface area (Å²) >= 11 is 3.41. The van der Waals surface area contributed by atoms with Crippen LogP contribution in [-0.2, 0) is 4.79 Å². The molecule has 84 valence electrons. The lowest BCUT2D eigenvalue weighted by atomic mass is 10.2. The van der Waals surface area contributed by atoms with Crippen LogP contribution < -0.4 is 5.01 Å². The maximum Gasteiger partial charge on any atom is 0.253 e. The Morgan fingerprint density at radius 3 is 2.81 bits per heavy atom. The summed E-state index contributed by atoms with van der Waals surface area (Å²) < 4.78 is 1.01. The number of carbonyl (C=O) groups excluding carboxylic acids is 1. The molecule has 0 fully saturated rings. The van der Waals surface area contributed by atoms with Crippen molar-refractivity contribution >= 4 is 33.2 Å². The number of aryl methyl sites for hydroxylation is 1. The van der Waals surface area contributed by atoms with Gasteiger partial charge in [0.15, 0.2) is 0 Å². The molecule has 1 aromatic carbocycles. The zero-order valence-electron chi connectivity index (χ0n) is 9.33. The van der Waals surface area contributed by atoms with Crippen LogP contribution in [0.15, 0.2) is 27.8 Å². The van der Waals surface area contributed by atoms with Crippen molar-refractivity contribution in [3.63, 3.8) is 0 Å². The van der Waals surface area contributed by atoms with E-state index < -0.39 is 0 Å². The molecule has 1 aliphatic heterocycles. The van der Waals surface area contributed by atoms with Gasteiger partial charge in [-0.1, -0.05) is 22.9 Å². The molecular formula is C12H13BrN2O. The summed E-state index contributed by atoms with van der Waals surface area (Å²) in [7, 11) is 0. The molecule has 4 heteroatoms. The van der Waals surface area contributed by atoms with E-state index >= 15 is 0 Å². The summed E-state index contributed by atoms with van der Waals surface area (Å²) in [5, 5.41) is 5.85. The summed E-state index contributed by atoms with van der Waals surface area (Å²) in [4.78, 5) is 11.8. The van der Waals surface area contributed by atoms with E-state index in [2.05, 4.69) is 21.0 Å². The molecule has 1 heterocycles. The zero-order chi connectivity index (χ0) is 11.7. The fraction of sp³-hybridized carbons (Fsp3) is 0.333. The van der Waals surface area contributed by atoms with Gasteiger partial charge in [0.2, 0.25) is 0 Å². The van der Waals surface area contributed by atoms with Crippen LogP contribution in [0.4, 0.5) is 5.69 Å². The highest BCUT2D eigenvalue weighted by Gasteiger charge is 2.24. The summed E-state index contributed by atoms with van der Waals surface area (Å²) in [6.45, 7) is 4.00. The number of hydrogen-bond acceptors (Lipinski definition) is 2. The molecular weight excluding hydrogens is 268 g/mol. The second-order valence-corrected chi connectivity index (χ2v) is 4.75. The highest BCUT2D eigenvalue weighted by atomic mass is 79.9. The smallest absolute Gasteiger partial charge is 0.253 e. The van der Waals surface area contributed by atoms with Crippen LogP contribution in [0.2, 0.25) is 0 Å². The first-order valence-electron chi connectivity index (χ1n) is 5.27. The van der Waals surface area contributed by atoms with E-state index in [0.717, 1.165) is 27.9 Å². The standard InChI is InChI=1S/C12H13BrN2O/c1-3-10-7-12(16)15(14-10)11-5-4-9(13)6-8(11)2/h4-6H,3,7H2,1-2H3. The third-order valence-electron chi connectivity index (χ3n) is 2.63. The average molecular weight is 281 g/mol. The van der Waals surface area contributed by atoms with E-state index in [1.165, 1.54) is 5.01 Å². The summed E-state index contributed by atoms with van der Waals surface area (Å²) in [5.41, 5.74) is 2.87. The summed E-state index contributed by atoms with van der Waals surface area (Å²) in [6.07, 6.45) is 1.28. The molecule has 0 unspecified atom stereocenters. The predicted molar refractivity (Wildman–Crippen MR) is 68.7 cm³/mol. The topological polar surface area (TPSA) is 32.7 Å². The van der Waals surface area contributed by atoms with Crippen LogP contribution in [0.25, 0.3) is 0 Å². The first-order chi connectivity index (χ1) is 7.61. The minimum Gasteiger partial charge on any atom is -0.272 e. The molecule has 0 atom stereocenters. The maximum absolute atomic E-state index is 11.8. The monoisotopic (exact) mass is 280 g/mol. The summed E-state index contributed by atoms with van der Waals surface area (Å²) in [5.74, 6) is 0.0577. The number of hydrazone groups is 1. The van der Waals surface area contributed by atoms with E-state index in [1.54, 1.807) is 0 Å². The highest BCUT2D eigenvalue weighted by molar-refractivity contribution is 9.10. The average Bonchev–Trinajstić information content (AvgIpc) is 2.60. The zero-order valence-corrected chi connectivity index (χ0v) is 10.9. The molecule has 0 spiro atoms. The quantitative estimate of drug-likeness (QED) is 0.819. The molecule has 1 aromatic rings. The van der Waals surface area contributed by atoms with Gasteiger partial charge >= 0.3 is 0 Å². The molecule has 0 radical (unpaired) electrons. The number of benzene rings is 1. The minimum atomic E-state index is 0.0577. The van der Waals surface area contributed by atoms with Gasteiger partial charge < -0.3 is 0 Å². The van der Waals surface area contributed by atoms with Crippen molar-refractivity contribution in [1.29, 1.82) is 0 Å². The van der Waals surface area contributed by atoms with Crippen LogP contribution in [-0.4, -0.2) is 11.6 Å². The largest absolute Gasteiger partial charge is 0.272 e. The van der Waals surface area contributed by atoms with Crippen molar-refractivity contribution in [3.05, 3.63) is 28.2 Å². The van der Waals surface area contributed by atoms with E-state index in [-0.39, 0.29) is 5.91 Å². The molecule has 3 nitrogen and oxygen atoms in total. The van der Waals surface area contributed by atoms with Crippen molar-refractivity contribution in [1.82, 2.24) is 0 Å². The first-order valence-corrected chi connectivity index (χ1v) is 6.06. The third kappa shape index (κ3) is 2.02. The molecule has 2 rings (SSSR count). The number of carbonyl (C=O) groups is 1. The van der Waals surface area contributed by atoms with E-state index in [9.17, 15) is 4.79 Å². The van der Waals surface area contributed by atoms with Crippen molar-refractivity contribution < 1.29 is 4.79 Å². The van der Waals surface area contributed by atoms with Crippen molar-refractivity contribution in [3.8, 4) is 0 Å². The molecule has 1 aliphatic rings. The van der Waals surface area contributed by atoms with E-state index in [1.807, 2.05) is 32.0 Å². The Bertz CT molecular complexity index is 468. The SMILES string of the molecule is CCC1=NN(c2ccc(Br)cc2C)C(=O)C1. The highest BCUT2D eigenvalue weighted by Crippen LogP contribution is 2.27. The van der Waals surface area contributed by atoms with E-state index in [4.69, 9.17) is 0 Å². The number of anilines is 1. The molecule has 0 bridgehead atoms. The number of hydrogen-bond donors (Lipinski definition) is 0. The summed E-state index contributed by atoms with van der Waals surface area (Å²) in [6, 6.07) is 5.83. The number of nitrogens with zero attached hydrogens (tertiary/aromatic N) is 2. The number of amides is 1. The van der Waals surface area contributed by atoms with Crippen molar-refractivity contribution in [2.45, 2.75) is 26.7 Å². The van der Waals surface area contributed by atoms with Gasteiger partial charge in [0.25, 0.3) is 5.91 Å². The van der Waals surface area contributed by atoms with Crippen LogP contribution in [0.3, 0.4) is 0 Å². The van der Waals surface area contributed by atoms with E-state index in [0.29, 0.717) is 6.42 Å². The van der Waals surface area contributed by atoms with Crippen molar-refractivity contribution in [2.75, 3.05) is 5.01 Å². The van der Waals surface area contributed by atoms with Gasteiger partial charge in [0.05, 0.1) is 12.1 Å². The Hall–Kier alpha value is -1.16. The fourth-order valence-corrected chi connectivity index (χ4v) is 2.20. The Labute approximate surface area is 103 Å². The van der Waals surface area contributed by atoms with Crippen molar-refractivity contribution in [2.24, 2.45) is 5.10 Å². The van der Waals surface area contributed by atoms with Crippen LogP contribution in [0.1, 0.15) is 25.3 Å².